The van der Waals surface area contributed by atoms with Crippen molar-refractivity contribution in [3.05, 3.63) is 71.8 Å². The average Bonchev–Trinajstić information content (AvgIpc) is 3.16. The summed E-state index contributed by atoms with van der Waals surface area (Å²) in [6, 6.07) is 19.0. The second-order valence-electron chi connectivity index (χ2n) is 7.95. The fraction of sp³-hybridized carbons (Fsp3) is 0.280. The van der Waals surface area contributed by atoms with Gasteiger partial charge in [-0.1, -0.05) is 42.5 Å². The highest BCUT2D eigenvalue weighted by molar-refractivity contribution is 6.09. The van der Waals surface area contributed by atoms with E-state index >= 15 is 0 Å². The number of amides is 1. The summed E-state index contributed by atoms with van der Waals surface area (Å²) in [5.74, 6) is 1.20. The highest BCUT2D eigenvalue weighted by atomic mass is 16.5. The zero-order valence-corrected chi connectivity index (χ0v) is 16.9. The van der Waals surface area contributed by atoms with Gasteiger partial charge in [0.05, 0.1) is 30.7 Å². The van der Waals surface area contributed by atoms with E-state index in [2.05, 4.69) is 0 Å². The van der Waals surface area contributed by atoms with Gasteiger partial charge in [-0.3, -0.25) is 9.59 Å². The quantitative estimate of drug-likeness (QED) is 0.649. The molecule has 1 spiro atoms. The fourth-order valence-electron chi connectivity index (χ4n) is 4.59. The predicted molar refractivity (Wildman–Crippen MR) is 114 cm³/mol. The maximum absolute atomic E-state index is 13.6. The zero-order valence-electron chi connectivity index (χ0n) is 16.9. The third-order valence-electron chi connectivity index (χ3n) is 6.00. The number of carbonyl (C=O) groups excluding carboxylic acids is 2. The molecule has 2 heterocycles. The first-order chi connectivity index (χ1) is 14.6. The number of Topliss-reactive ketones (excluding diaryl/α,β-unsaturated/α-hetero) is 1. The van der Waals surface area contributed by atoms with Crippen molar-refractivity contribution < 1.29 is 19.1 Å². The van der Waals surface area contributed by atoms with Gasteiger partial charge in [-0.05, 0) is 35.9 Å². The van der Waals surface area contributed by atoms with Crippen LogP contribution in [0.25, 0.3) is 10.8 Å². The van der Waals surface area contributed by atoms with Gasteiger partial charge in [0.1, 0.15) is 17.1 Å². The lowest BCUT2D eigenvalue weighted by Gasteiger charge is -2.34. The Hall–Kier alpha value is -3.34. The van der Waals surface area contributed by atoms with Crippen LogP contribution in [0.4, 0.5) is 0 Å². The van der Waals surface area contributed by atoms with Crippen molar-refractivity contribution in [3.63, 3.8) is 0 Å². The van der Waals surface area contributed by atoms with Crippen LogP contribution in [0, 0.1) is 0 Å². The minimum atomic E-state index is -0.655. The van der Waals surface area contributed by atoms with Gasteiger partial charge >= 0.3 is 0 Å². The average molecular weight is 401 g/mol. The number of benzene rings is 3. The molecule has 152 valence electrons. The van der Waals surface area contributed by atoms with Gasteiger partial charge in [-0.2, -0.15) is 0 Å². The van der Waals surface area contributed by atoms with Crippen molar-refractivity contribution in [2.75, 3.05) is 19.7 Å². The first-order valence-electron chi connectivity index (χ1n) is 10.4. The van der Waals surface area contributed by atoms with Crippen molar-refractivity contribution in [3.8, 4) is 11.5 Å². The molecule has 0 aromatic heterocycles. The van der Waals surface area contributed by atoms with Gasteiger partial charge in [0, 0.05) is 13.0 Å². The monoisotopic (exact) mass is 401 g/mol. The maximum atomic E-state index is 13.6. The summed E-state index contributed by atoms with van der Waals surface area (Å²) in [6.07, 6.45) is 0.926. The summed E-state index contributed by atoms with van der Waals surface area (Å²) in [7, 11) is 0. The molecule has 3 aromatic rings. The molecule has 1 unspecified atom stereocenters. The van der Waals surface area contributed by atoms with Crippen LogP contribution in [0.1, 0.15) is 40.5 Å². The molecule has 3 aromatic carbocycles. The van der Waals surface area contributed by atoms with Crippen LogP contribution < -0.4 is 9.47 Å². The lowest BCUT2D eigenvalue weighted by atomic mass is 9.89. The SMILES string of the molecule is CCOc1ccc2ccccc2c1C(=O)N1CCC2(CC(=O)c3ccccc3O2)C1. The van der Waals surface area contributed by atoms with Crippen molar-refractivity contribution in [2.45, 2.75) is 25.4 Å². The summed E-state index contributed by atoms with van der Waals surface area (Å²) < 4.78 is 12.1. The van der Waals surface area contributed by atoms with E-state index < -0.39 is 5.60 Å². The molecule has 2 aliphatic rings. The maximum Gasteiger partial charge on any atom is 0.258 e. The third-order valence-corrected chi connectivity index (χ3v) is 6.00. The summed E-state index contributed by atoms with van der Waals surface area (Å²) in [6.45, 7) is 3.33. The van der Waals surface area contributed by atoms with Crippen LogP contribution >= 0.6 is 0 Å². The van der Waals surface area contributed by atoms with Crippen LogP contribution in [0.2, 0.25) is 0 Å². The van der Waals surface area contributed by atoms with E-state index in [0.717, 1.165) is 10.8 Å². The van der Waals surface area contributed by atoms with Gasteiger partial charge in [-0.25, -0.2) is 0 Å². The number of likely N-dealkylation sites (tertiary alicyclic amines) is 1. The Bertz CT molecular complexity index is 1150. The van der Waals surface area contributed by atoms with Crippen molar-refractivity contribution in [1.82, 2.24) is 4.90 Å². The number of para-hydroxylation sites is 1. The number of hydrogen-bond acceptors (Lipinski definition) is 4. The molecule has 0 radical (unpaired) electrons. The molecule has 1 saturated heterocycles. The van der Waals surface area contributed by atoms with E-state index in [0.29, 0.717) is 55.2 Å². The Labute approximate surface area is 175 Å². The minimum Gasteiger partial charge on any atom is -0.493 e. The van der Waals surface area contributed by atoms with E-state index in [9.17, 15) is 9.59 Å². The number of rotatable bonds is 3. The standard InChI is InChI=1S/C25H23NO4/c1-2-29-22-12-11-17-7-3-4-8-18(17)23(22)24(28)26-14-13-25(16-26)15-20(27)19-9-5-6-10-21(19)30-25/h3-12H,2,13-16H2,1H3. The normalized spacial score (nSPS) is 20.3. The lowest BCUT2D eigenvalue weighted by molar-refractivity contribution is 0.0428. The topological polar surface area (TPSA) is 55.8 Å². The van der Waals surface area contributed by atoms with Crippen LogP contribution in [0.15, 0.2) is 60.7 Å². The zero-order chi connectivity index (χ0) is 20.7. The highest BCUT2D eigenvalue weighted by Gasteiger charge is 2.47. The number of nitrogens with zero attached hydrogens (tertiary/aromatic N) is 1. The minimum absolute atomic E-state index is 0.0753. The first kappa shape index (κ1) is 18.7. The van der Waals surface area contributed by atoms with Gasteiger partial charge in [0.2, 0.25) is 0 Å². The van der Waals surface area contributed by atoms with Gasteiger partial charge in [0.15, 0.2) is 5.78 Å². The number of ether oxygens (including phenoxy) is 2. The van der Waals surface area contributed by atoms with Crippen LogP contribution in [0.3, 0.4) is 0 Å². The number of hydrogen-bond donors (Lipinski definition) is 0. The van der Waals surface area contributed by atoms with E-state index in [1.54, 1.807) is 11.0 Å². The van der Waals surface area contributed by atoms with E-state index in [4.69, 9.17) is 9.47 Å². The second kappa shape index (κ2) is 7.17. The summed E-state index contributed by atoms with van der Waals surface area (Å²) in [5, 5.41) is 1.87. The molecule has 1 atom stereocenters. The Balaban J connectivity index is 1.48. The molecule has 5 nitrogen and oxygen atoms in total. The molecule has 5 rings (SSSR count). The van der Waals surface area contributed by atoms with E-state index in [1.807, 2.05) is 61.5 Å². The highest BCUT2D eigenvalue weighted by Crippen LogP contribution is 2.40. The van der Waals surface area contributed by atoms with Gasteiger partial charge in [-0.15, -0.1) is 0 Å². The molecular weight excluding hydrogens is 378 g/mol. The molecule has 0 aliphatic carbocycles. The Kier molecular flexibility index (Phi) is 4.46. The van der Waals surface area contributed by atoms with E-state index in [-0.39, 0.29) is 11.7 Å². The van der Waals surface area contributed by atoms with Crippen molar-refractivity contribution >= 4 is 22.5 Å². The Morgan fingerprint density at radius 2 is 1.90 bits per heavy atom. The number of fused-ring (bicyclic) bond motifs is 2. The molecule has 2 aliphatic heterocycles. The Morgan fingerprint density at radius 3 is 2.77 bits per heavy atom. The molecule has 1 amide bonds. The second-order valence-corrected chi connectivity index (χ2v) is 7.95. The summed E-state index contributed by atoms with van der Waals surface area (Å²) in [5.41, 5.74) is 0.549. The lowest BCUT2D eigenvalue weighted by Crippen LogP contribution is -2.45. The molecule has 0 saturated carbocycles. The van der Waals surface area contributed by atoms with Crippen LogP contribution in [-0.2, 0) is 0 Å². The third kappa shape index (κ3) is 3.02. The smallest absolute Gasteiger partial charge is 0.258 e. The summed E-state index contributed by atoms with van der Waals surface area (Å²) >= 11 is 0. The Morgan fingerprint density at radius 1 is 1.10 bits per heavy atom. The molecule has 5 heteroatoms. The number of carbonyl (C=O) groups is 2. The van der Waals surface area contributed by atoms with Gasteiger partial charge in [0.25, 0.3) is 5.91 Å². The molecule has 0 N–H and O–H groups in total. The fourth-order valence-corrected chi connectivity index (χ4v) is 4.59. The van der Waals surface area contributed by atoms with Gasteiger partial charge < -0.3 is 14.4 Å². The molecule has 0 bridgehead atoms. The van der Waals surface area contributed by atoms with E-state index in [1.165, 1.54) is 0 Å². The molecule has 1 fully saturated rings. The van der Waals surface area contributed by atoms with Crippen LogP contribution in [-0.4, -0.2) is 41.9 Å². The van der Waals surface area contributed by atoms with Crippen LogP contribution in [0.5, 0.6) is 11.5 Å². The number of ketones is 1. The molecular formula is C25H23NO4. The summed E-state index contributed by atoms with van der Waals surface area (Å²) in [4.78, 5) is 28.1. The van der Waals surface area contributed by atoms with Crippen molar-refractivity contribution in [2.24, 2.45) is 0 Å². The first-order valence-corrected chi connectivity index (χ1v) is 10.4. The predicted octanol–water partition coefficient (Wildman–Crippen LogP) is 4.49. The van der Waals surface area contributed by atoms with Crippen molar-refractivity contribution in [1.29, 1.82) is 0 Å². The largest absolute Gasteiger partial charge is 0.493 e. The molecule has 30 heavy (non-hydrogen) atoms.